The summed E-state index contributed by atoms with van der Waals surface area (Å²) in [7, 11) is 1.55. The van der Waals surface area contributed by atoms with Crippen LogP contribution in [-0.2, 0) is 0 Å². The molecule has 1 aliphatic carbocycles. The Kier molecular flexibility index (Phi) is 2.91. The van der Waals surface area contributed by atoms with Gasteiger partial charge >= 0.3 is 0 Å². The highest BCUT2D eigenvalue weighted by Gasteiger charge is 2.29. The molecule has 3 heteroatoms. The first-order valence-corrected chi connectivity index (χ1v) is 5.32. The summed E-state index contributed by atoms with van der Waals surface area (Å²) in [5.41, 5.74) is 6.59. The topological polar surface area (TPSA) is 35.2 Å². The molecule has 1 atom stereocenters. The van der Waals surface area contributed by atoms with Crippen molar-refractivity contribution in [1.82, 2.24) is 0 Å². The van der Waals surface area contributed by atoms with Crippen LogP contribution in [0, 0.1) is 11.7 Å². The SMILES string of the molecule is COc1cccc(F)c1C(N)C1CCC1. The fourth-order valence-corrected chi connectivity index (χ4v) is 2.05. The Labute approximate surface area is 89.2 Å². The summed E-state index contributed by atoms with van der Waals surface area (Å²) in [5.74, 6) is 0.721. The maximum Gasteiger partial charge on any atom is 0.131 e. The van der Waals surface area contributed by atoms with Gasteiger partial charge in [-0.3, -0.25) is 0 Å². The largest absolute Gasteiger partial charge is 0.496 e. The number of nitrogens with two attached hydrogens (primary N) is 1. The molecule has 82 valence electrons. The molecule has 1 fully saturated rings. The van der Waals surface area contributed by atoms with Crippen molar-refractivity contribution >= 4 is 0 Å². The van der Waals surface area contributed by atoms with E-state index in [0.29, 0.717) is 17.2 Å². The van der Waals surface area contributed by atoms with Gasteiger partial charge < -0.3 is 10.5 Å². The van der Waals surface area contributed by atoms with E-state index in [2.05, 4.69) is 0 Å². The molecule has 15 heavy (non-hydrogen) atoms. The Morgan fingerprint density at radius 3 is 2.73 bits per heavy atom. The van der Waals surface area contributed by atoms with Crippen LogP contribution in [0.25, 0.3) is 0 Å². The highest BCUT2D eigenvalue weighted by Crippen LogP contribution is 2.40. The minimum atomic E-state index is -0.256. The molecular formula is C12H16FNO. The Morgan fingerprint density at radius 1 is 1.47 bits per heavy atom. The summed E-state index contributed by atoms with van der Waals surface area (Å²) < 4.78 is 18.8. The molecule has 0 amide bonds. The number of ether oxygens (including phenoxy) is 1. The molecule has 1 aliphatic rings. The molecular weight excluding hydrogens is 193 g/mol. The Hall–Kier alpha value is -1.09. The van der Waals surface area contributed by atoms with E-state index in [-0.39, 0.29) is 11.9 Å². The van der Waals surface area contributed by atoms with E-state index >= 15 is 0 Å². The van der Waals surface area contributed by atoms with Crippen LogP contribution < -0.4 is 10.5 Å². The van der Waals surface area contributed by atoms with E-state index < -0.39 is 0 Å². The lowest BCUT2D eigenvalue weighted by molar-refractivity contribution is 0.255. The van der Waals surface area contributed by atoms with Gasteiger partial charge in [0.2, 0.25) is 0 Å². The number of rotatable bonds is 3. The van der Waals surface area contributed by atoms with E-state index in [1.165, 1.54) is 12.5 Å². The number of methoxy groups -OCH3 is 1. The molecule has 0 heterocycles. The monoisotopic (exact) mass is 209 g/mol. The van der Waals surface area contributed by atoms with Crippen molar-refractivity contribution < 1.29 is 9.13 Å². The predicted octanol–water partition coefficient (Wildman–Crippen LogP) is 2.63. The van der Waals surface area contributed by atoms with Crippen molar-refractivity contribution in [1.29, 1.82) is 0 Å². The molecule has 0 bridgehead atoms. The minimum Gasteiger partial charge on any atom is -0.496 e. The fourth-order valence-electron chi connectivity index (χ4n) is 2.05. The first-order chi connectivity index (χ1) is 7.24. The van der Waals surface area contributed by atoms with Gasteiger partial charge in [-0.05, 0) is 30.9 Å². The van der Waals surface area contributed by atoms with Gasteiger partial charge in [-0.25, -0.2) is 4.39 Å². The quantitative estimate of drug-likeness (QED) is 0.830. The number of halogens is 1. The van der Waals surface area contributed by atoms with Crippen molar-refractivity contribution in [3.8, 4) is 5.75 Å². The predicted molar refractivity (Wildman–Crippen MR) is 57.2 cm³/mol. The van der Waals surface area contributed by atoms with Crippen LogP contribution in [0.3, 0.4) is 0 Å². The van der Waals surface area contributed by atoms with Crippen LogP contribution in [0.4, 0.5) is 4.39 Å². The summed E-state index contributed by atoms with van der Waals surface area (Å²) in [6.07, 6.45) is 3.40. The second kappa shape index (κ2) is 4.19. The minimum absolute atomic E-state index is 0.227. The number of hydrogen-bond donors (Lipinski definition) is 1. The van der Waals surface area contributed by atoms with Crippen LogP contribution in [0.5, 0.6) is 5.75 Å². The third-order valence-electron chi connectivity index (χ3n) is 3.22. The maximum absolute atomic E-state index is 13.6. The van der Waals surface area contributed by atoms with Crippen molar-refractivity contribution in [3.63, 3.8) is 0 Å². The van der Waals surface area contributed by atoms with E-state index in [4.69, 9.17) is 10.5 Å². The molecule has 2 N–H and O–H groups in total. The van der Waals surface area contributed by atoms with Gasteiger partial charge in [0.05, 0.1) is 7.11 Å². The molecule has 0 spiro atoms. The third-order valence-corrected chi connectivity index (χ3v) is 3.22. The molecule has 2 rings (SSSR count). The van der Waals surface area contributed by atoms with Gasteiger partial charge in [-0.15, -0.1) is 0 Å². The van der Waals surface area contributed by atoms with Gasteiger partial charge in [-0.2, -0.15) is 0 Å². The molecule has 1 saturated carbocycles. The molecule has 0 saturated heterocycles. The lowest BCUT2D eigenvalue weighted by Crippen LogP contribution is -2.28. The highest BCUT2D eigenvalue weighted by atomic mass is 19.1. The van der Waals surface area contributed by atoms with Gasteiger partial charge in [0, 0.05) is 11.6 Å². The van der Waals surface area contributed by atoms with Crippen LogP contribution in [-0.4, -0.2) is 7.11 Å². The van der Waals surface area contributed by atoms with Crippen LogP contribution in [0.1, 0.15) is 30.9 Å². The summed E-state index contributed by atoms with van der Waals surface area (Å²) in [4.78, 5) is 0. The van der Waals surface area contributed by atoms with Gasteiger partial charge in [0.25, 0.3) is 0 Å². The number of benzene rings is 1. The first-order valence-electron chi connectivity index (χ1n) is 5.32. The smallest absolute Gasteiger partial charge is 0.131 e. The zero-order valence-electron chi connectivity index (χ0n) is 8.87. The fraction of sp³-hybridized carbons (Fsp3) is 0.500. The van der Waals surface area contributed by atoms with Crippen molar-refractivity contribution in [2.45, 2.75) is 25.3 Å². The summed E-state index contributed by atoms with van der Waals surface area (Å²) in [6, 6.07) is 4.62. The van der Waals surface area contributed by atoms with Gasteiger partial charge in [0.15, 0.2) is 0 Å². The Morgan fingerprint density at radius 2 is 2.20 bits per heavy atom. The van der Waals surface area contributed by atoms with Crippen LogP contribution in [0.2, 0.25) is 0 Å². The summed E-state index contributed by atoms with van der Waals surface area (Å²) in [5, 5.41) is 0. The second-order valence-electron chi connectivity index (χ2n) is 4.07. The average molecular weight is 209 g/mol. The third kappa shape index (κ3) is 1.84. The van der Waals surface area contributed by atoms with E-state index in [0.717, 1.165) is 12.8 Å². The number of hydrogen-bond acceptors (Lipinski definition) is 2. The van der Waals surface area contributed by atoms with E-state index in [1.807, 2.05) is 0 Å². The van der Waals surface area contributed by atoms with Gasteiger partial charge in [0.1, 0.15) is 11.6 Å². The molecule has 2 nitrogen and oxygen atoms in total. The Balaban J connectivity index is 2.31. The normalized spacial score (nSPS) is 18.3. The highest BCUT2D eigenvalue weighted by molar-refractivity contribution is 5.37. The van der Waals surface area contributed by atoms with Crippen LogP contribution >= 0.6 is 0 Å². The van der Waals surface area contributed by atoms with Crippen molar-refractivity contribution in [3.05, 3.63) is 29.6 Å². The van der Waals surface area contributed by atoms with Crippen molar-refractivity contribution in [2.24, 2.45) is 11.7 Å². The summed E-state index contributed by atoms with van der Waals surface area (Å²) in [6.45, 7) is 0. The molecule has 1 unspecified atom stereocenters. The van der Waals surface area contributed by atoms with Crippen LogP contribution in [0.15, 0.2) is 18.2 Å². The zero-order chi connectivity index (χ0) is 10.8. The molecule has 1 aromatic rings. The molecule has 0 aliphatic heterocycles. The summed E-state index contributed by atoms with van der Waals surface area (Å²) >= 11 is 0. The second-order valence-corrected chi connectivity index (χ2v) is 4.07. The maximum atomic E-state index is 13.6. The average Bonchev–Trinajstić information content (AvgIpc) is 2.14. The molecule has 0 aromatic heterocycles. The van der Waals surface area contributed by atoms with Gasteiger partial charge in [-0.1, -0.05) is 12.5 Å². The van der Waals surface area contributed by atoms with Crippen molar-refractivity contribution in [2.75, 3.05) is 7.11 Å². The first kappa shape index (κ1) is 10.4. The molecule has 0 radical (unpaired) electrons. The lowest BCUT2D eigenvalue weighted by Gasteiger charge is -2.32. The Bertz CT molecular complexity index is 349. The zero-order valence-corrected chi connectivity index (χ0v) is 8.87. The lowest BCUT2D eigenvalue weighted by atomic mass is 9.77. The van der Waals surface area contributed by atoms with E-state index in [1.54, 1.807) is 19.2 Å². The molecule has 1 aromatic carbocycles. The standard InChI is InChI=1S/C12H16FNO/c1-15-10-7-3-6-9(13)11(10)12(14)8-4-2-5-8/h3,6-8,12H,2,4-5,14H2,1H3. The van der Waals surface area contributed by atoms with E-state index in [9.17, 15) is 4.39 Å².